The van der Waals surface area contributed by atoms with Crippen LogP contribution >= 0.6 is 0 Å². The van der Waals surface area contributed by atoms with Gasteiger partial charge in [0.1, 0.15) is 16.9 Å². The van der Waals surface area contributed by atoms with Gasteiger partial charge in [0.15, 0.2) is 0 Å². The maximum Gasteiger partial charge on any atom is 0.534 e. The third-order valence-electron chi connectivity index (χ3n) is 3.04. The Labute approximate surface area is 127 Å². The highest BCUT2D eigenvalue weighted by Crippen LogP contribution is 2.29. The maximum atomic E-state index is 12.3. The van der Waals surface area contributed by atoms with Crippen LogP contribution in [0.25, 0.3) is 21.9 Å². The van der Waals surface area contributed by atoms with Crippen molar-refractivity contribution in [3.8, 4) is 5.75 Å². The Morgan fingerprint density at radius 2 is 1.61 bits per heavy atom. The first-order valence-corrected chi connectivity index (χ1v) is 7.56. The van der Waals surface area contributed by atoms with Crippen LogP contribution in [0.4, 0.5) is 13.2 Å². The van der Waals surface area contributed by atoms with Crippen molar-refractivity contribution in [1.29, 1.82) is 0 Å². The van der Waals surface area contributed by atoms with Crippen LogP contribution in [0.5, 0.6) is 5.75 Å². The summed E-state index contributed by atoms with van der Waals surface area (Å²) in [6, 6.07) is 9.35. The minimum absolute atomic E-state index is 0.0847. The molecule has 0 fully saturated rings. The Bertz CT molecular complexity index is 1070. The minimum Gasteiger partial charge on any atom is -0.456 e. The fourth-order valence-electron chi connectivity index (χ4n) is 2.01. The zero-order chi connectivity index (χ0) is 16.8. The van der Waals surface area contributed by atoms with E-state index >= 15 is 0 Å². The Balaban J connectivity index is 2.18. The number of fused-ring (bicyclic) bond motifs is 2. The second-order valence-corrected chi connectivity index (χ2v) is 6.11. The van der Waals surface area contributed by atoms with Crippen molar-refractivity contribution in [2.24, 2.45) is 0 Å². The van der Waals surface area contributed by atoms with Gasteiger partial charge in [-0.15, -0.1) is 0 Å². The zero-order valence-corrected chi connectivity index (χ0v) is 11.9. The number of rotatable bonds is 2. The molecule has 0 unspecified atom stereocenters. The summed E-state index contributed by atoms with van der Waals surface area (Å²) in [5.41, 5.74) is -5.65. The predicted octanol–water partition coefficient (Wildman–Crippen LogP) is 3.17. The molecule has 0 saturated carbocycles. The van der Waals surface area contributed by atoms with Gasteiger partial charge in [0, 0.05) is 0 Å². The van der Waals surface area contributed by atoms with E-state index in [1.165, 1.54) is 12.1 Å². The zero-order valence-electron chi connectivity index (χ0n) is 11.1. The molecule has 3 aromatic rings. The van der Waals surface area contributed by atoms with Crippen LogP contribution in [0.15, 0.2) is 51.7 Å². The van der Waals surface area contributed by atoms with Crippen LogP contribution in [0.1, 0.15) is 0 Å². The first kappa shape index (κ1) is 15.3. The van der Waals surface area contributed by atoms with E-state index in [4.69, 9.17) is 4.42 Å². The molecule has 3 rings (SSSR count). The van der Waals surface area contributed by atoms with Crippen LogP contribution < -0.4 is 9.61 Å². The van der Waals surface area contributed by atoms with Crippen LogP contribution in [-0.4, -0.2) is 13.9 Å². The van der Waals surface area contributed by atoms with Crippen molar-refractivity contribution in [2.75, 3.05) is 0 Å². The van der Waals surface area contributed by atoms with Crippen molar-refractivity contribution >= 4 is 32.1 Å². The quantitative estimate of drug-likeness (QED) is 0.406. The fraction of sp³-hybridized carbons (Fsp3) is 0.0714. The third kappa shape index (κ3) is 2.63. The second-order valence-electron chi connectivity index (χ2n) is 4.57. The molecule has 0 aliphatic carbocycles. The molecule has 0 radical (unpaired) electrons. The highest BCUT2D eigenvalue weighted by Gasteiger charge is 2.48. The average Bonchev–Trinajstić information content (AvgIpc) is 2.47. The molecule has 23 heavy (non-hydrogen) atoms. The average molecular weight is 344 g/mol. The lowest BCUT2D eigenvalue weighted by Crippen LogP contribution is -2.28. The van der Waals surface area contributed by atoms with Crippen LogP contribution in [0.3, 0.4) is 0 Å². The van der Waals surface area contributed by atoms with E-state index < -0.39 is 26.8 Å². The fourth-order valence-corrected chi connectivity index (χ4v) is 2.46. The lowest BCUT2D eigenvalue weighted by atomic mass is 10.1. The van der Waals surface area contributed by atoms with Crippen molar-refractivity contribution in [3.05, 3.63) is 52.7 Å². The molecule has 0 N–H and O–H groups in total. The molecular formula is C14H7F3O5S. The second kappa shape index (κ2) is 4.98. The number of hydrogen-bond donors (Lipinski definition) is 0. The summed E-state index contributed by atoms with van der Waals surface area (Å²) in [6.07, 6.45) is 0. The molecule has 0 bridgehead atoms. The lowest BCUT2D eigenvalue weighted by Gasteiger charge is -2.09. The van der Waals surface area contributed by atoms with Gasteiger partial charge in [-0.3, -0.25) is 4.79 Å². The number of hydrogen-bond acceptors (Lipinski definition) is 5. The molecule has 0 saturated heterocycles. The predicted molar refractivity (Wildman–Crippen MR) is 75.6 cm³/mol. The van der Waals surface area contributed by atoms with Crippen molar-refractivity contribution < 1.29 is 30.2 Å². The first-order valence-electron chi connectivity index (χ1n) is 6.15. The largest absolute Gasteiger partial charge is 0.534 e. The van der Waals surface area contributed by atoms with E-state index in [2.05, 4.69) is 4.18 Å². The van der Waals surface area contributed by atoms with E-state index in [9.17, 15) is 26.4 Å². The molecule has 1 heterocycles. The topological polar surface area (TPSA) is 73.6 Å². The minimum atomic E-state index is -5.81. The SMILES string of the molecule is O=c1c2ccccc2oc2ccc(OS(=O)(=O)C(F)(F)F)cc12. The number of para-hydroxylation sites is 1. The van der Waals surface area contributed by atoms with E-state index in [-0.39, 0.29) is 16.4 Å². The molecule has 0 aliphatic rings. The number of halogens is 3. The molecule has 2 aromatic carbocycles. The van der Waals surface area contributed by atoms with Gasteiger partial charge in [0.05, 0.1) is 10.8 Å². The van der Waals surface area contributed by atoms with Crippen LogP contribution in [-0.2, 0) is 10.1 Å². The van der Waals surface area contributed by atoms with E-state index in [0.29, 0.717) is 5.58 Å². The normalized spacial score (nSPS) is 12.7. The third-order valence-corrected chi connectivity index (χ3v) is 4.02. The molecule has 120 valence electrons. The van der Waals surface area contributed by atoms with Crippen molar-refractivity contribution in [2.45, 2.75) is 5.51 Å². The Hall–Kier alpha value is -2.55. The Morgan fingerprint density at radius 1 is 0.957 bits per heavy atom. The van der Waals surface area contributed by atoms with Gasteiger partial charge in [-0.2, -0.15) is 21.6 Å². The molecule has 0 atom stereocenters. The molecule has 0 amide bonds. The molecule has 0 spiro atoms. The van der Waals surface area contributed by atoms with Gasteiger partial charge in [-0.1, -0.05) is 12.1 Å². The summed E-state index contributed by atoms with van der Waals surface area (Å²) in [5, 5.41) is 0.134. The molecule has 1 aromatic heterocycles. The van der Waals surface area contributed by atoms with Gasteiger partial charge in [0.2, 0.25) is 5.43 Å². The summed E-state index contributed by atoms with van der Waals surface area (Å²) < 4.78 is 68.5. The number of benzene rings is 2. The van der Waals surface area contributed by atoms with E-state index in [1.54, 1.807) is 18.2 Å². The summed E-state index contributed by atoms with van der Waals surface area (Å²) in [4.78, 5) is 12.3. The molecule has 0 aliphatic heterocycles. The van der Waals surface area contributed by atoms with Crippen molar-refractivity contribution in [3.63, 3.8) is 0 Å². The summed E-state index contributed by atoms with van der Waals surface area (Å²) in [6.45, 7) is 0. The monoisotopic (exact) mass is 344 g/mol. The number of alkyl halides is 3. The van der Waals surface area contributed by atoms with Crippen LogP contribution in [0, 0.1) is 0 Å². The Morgan fingerprint density at radius 3 is 2.30 bits per heavy atom. The standard InChI is InChI=1S/C14H7F3O5S/c15-14(16,17)23(19,20)22-8-5-6-12-10(7-8)13(18)9-3-1-2-4-11(9)21-12/h1-7H. The molecule has 9 heteroatoms. The summed E-state index contributed by atoms with van der Waals surface area (Å²) >= 11 is 0. The van der Waals surface area contributed by atoms with Gasteiger partial charge < -0.3 is 8.60 Å². The van der Waals surface area contributed by atoms with Crippen molar-refractivity contribution in [1.82, 2.24) is 0 Å². The van der Waals surface area contributed by atoms with Gasteiger partial charge in [0.25, 0.3) is 0 Å². The highest BCUT2D eigenvalue weighted by atomic mass is 32.2. The van der Waals surface area contributed by atoms with Gasteiger partial charge in [-0.25, -0.2) is 0 Å². The maximum absolute atomic E-state index is 12.3. The van der Waals surface area contributed by atoms with Gasteiger partial charge in [-0.05, 0) is 30.3 Å². The Kier molecular flexibility index (Phi) is 3.33. The van der Waals surface area contributed by atoms with Gasteiger partial charge >= 0.3 is 15.6 Å². The summed E-state index contributed by atoms with van der Waals surface area (Å²) in [7, 11) is -5.81. The highest BCUT2D eigenvalue weighted by molar-refractivity contribution is 7.88. The summed E-state index contributed by atoms with van der Waals surface area (Å²) in [5.74, 6) is -0.627. The molecule has 5 nitrogen and oxygen atoms in total. The smallest absolute Gasteiger partial charge is 0.456 e. The molecular weight excluding hydrogens is 337 g/mol. The van der Waals surface area contributed by atoms with E-state index in [0.717, 1.165) is 12.1 Å². The first-order chi connectivity index (χ1) is 10.7. The van der Waals surface area contributed by atoms with Crippen LogP contribution in [0.2, 0.25) is 0 Å². The lowest BCUT2D eigenvalue weighted by molar-refractivity contribution is -0.0500. The van der Waals surface area contributed by atoms with E-state index in [1.807, 2.05) is 0 Å².